The van der Waals surface area contributed by atoms with E-state index in [1.54, 1.807) is 19.1 Å². The third-order valence-corrected chi connectivity index (χ3v) is 8.33. The molecule has 9 heteroatoms. The van der Waals surface area contributed by atoms with Gasteiger partial charge in [0.05, 0.1) is 33.0 Å². The van der Waals surface area contributed by atoms with Crippen LogP contribution in [0, 0.1) is 5.92 Å². The van der Waals surface area contributed by atoms with E-state index in [0.29, 0.717) is 24.1 Å². The lowest BCUT2D eigenvalue weighted by atomic mass is 9.94. The first kappa shape index (κ1) is 32.6. The Kier molecular flexibility index (Phi) is 9.60. The van der Waals surface area contributed by atoms with E-state index in [4.69, 9.17) is 33.4 Å². The Bertz CT molecular complexity index is 1450. The number of carbonyl (C=O) groups is 1. The summed E-state index contributed by atoms with van der Waals surface area (Å²) in [6, 6.07) is 17.2. The molecule has 1 saturated carbocycles. The molecule has 0 N–H and O–H groups in total. The molecule has 0 spiro atoms. The van der Waals surface area contributed by atoms with Crippen molar-refractivity contribution < 1.29 is 33.2 Å². The highest BCUT2D eigenvalue weighted by Gasteiger charge is 2.54. The number of amides is 1. The summed E-state index contributed by atoms with van der Waals surface area (Å²) in [7, 11) is 3.27. The summed E-state index contributed by atoms with van der Waals surface area (Å²) in [6.45, 7) is 12.3. The average molecular weight is 619 g/mol. The summed E-state index contributed by atoms with van der Waals surface area (Å²) in [5.41, 5.74) is 2.13. The van der Waals surface area contributed by atoms with Gasteiger partial charge in [0, 0.05) is 23.7 Å². The topological polar surface area (TPSA) is 88.6 Å². The molecule has 45 heavy (non-hydrogen) atoms. The zero-order valence-corrected chi connectivity index (χ0v) is 27.7. The van der Waals surface area contributed by atoms with Crippen molar-refractivity contribution in [1.82, 2.24) is 4.98 Å². The fourth-order valence-corrected chi connectivity index (χ4v) is 6.13. The number of benzene rings is 2. The molecule has 9 nitrogen and oxygen atoms in total. The predicted molar refractivity (Wildman–Crippen MR) is 172 cm³/mol. The van der Waals surface area contributed by atoms with E-state index in [-0.39, 0.29) is 24.7 Å². The number of hydrogen-bond donors (Lipinski definition) is 0. The first-order valence-corrected chi connectivity index (χ1v) is 15.6. The van der Waals surface area contributed by atoms with Gasteiger partial charge in [-0.05, 0) is 82.3 Å². The molecule has 242 valence electrons. The largest absolute Gasteiger partial charge is 0.497 e. The van der Waals surface area contributed by atoms with Crippen LogP contribution < -0.4 is 19.1 Å². The van der Waals surface area contributed by atoms with Crippen LogP contribution in [0.3, 0.4) is 0 Å². The molecule has 2 heterocycles. The van der Waals surface area contributed by atoms with Crippen LogP contribution in [-0.4, -0.2) is 48.9 Å². The number of hydrogen-bond acceptors (Lipinski definition) is 8. The van der Waals surface area contributed by atoms with E-state index in [2.05, 4.69) is 6.92 Å². The minimum Gasteiger partial charge on any atom is -0.497 e. The number of aromatic nitrogens is 1. The standard InChI is InChI=1S/C36H46N2O7/c1-9-25-18-28(33-32(25)43-36(5,6)44-33)29-20-37-31(19-30(29)42-22-24-12-16-27(41-8)17-13-24)38(34(39)45-35(2,3)4)21-23-10-14-26(40-7)15-11-23/h10-17,19-20,25,28,32-33H,9,18,21-22H2,1-8H3/t25-,28-,32+,33-/m0/s1. The predicted octanol–water partition coefficient (Wildman–Crippen LogP) is 7.65. The molecule has 0 radical (unpaired) electrons. The fourth-order valence-electron chi connectivity index (χ4n) is 6.13. The van der Waals surface area contributed by atoms with Gasteiger partial charge in [0.15, 0.2) is 5.79 Å². The van der Waals surface area contributed by atoms with Gasteiger partial charge in [0.25, 0.3) is 0 Å². The Labute approximate surface area is 266 Å². The quantitative estimate of drug-likeness (QED) is 0.229. The molecule has 1 saturated heterocycles. The van der Waals surface area contributed by atoms with Crippen LogP contribution in [-0.2, 0) is 27.4 Å². The molecule has 2 aromatic carbocycles. The summed E-state index contributed by atoms with van der Waals surface area (Å²) in [5, 5.41) is 0. The van der Waals surface area contributed by atoms with E-state index in [0.717, 1.165) is 41.0 Å². The molecular formula is C36H46N2O7. The van der Waals surface area contributed by atoms with Gasteiger partial charge in [-0.25, -0.2) is 9.78 Å². The molecule has 0 unspecified atom stereocenters. The van der Waals surface area contributed by atoms with Crippen LogP contribution >= 0.6 is 0 Å². The van der Waals surface area contributed by atoms with E-state index in [9.17, 15) is 4.79 Å². The first-order valence-electron chi connectivity index (χ1n) is 15.6. The zero-order valence-electron chi connectivity index (χ0n) is 27.7. The lowest BCUT2D eigenvalue weighted by Gasteiger charge is -2.28. The van der Waals surface area contributed by atoms with Crippen LogP contribution in [0.2, 0.25) is 0 Å². The normalized spacial score (nSPS) is 22.0. The molecule has 1 aliphatic heterocycles. The third kappa shape index (κ3) is 7.71. The van der Waals surface area contributed by atoms with Crippen LogP contribution in [0.5, 0.6) is 17.2 Å². The van der Waals surface area contributed by atoms with Gasteiger partial charge in [-0.15, -0.1) is 0 Å². The summed E-state index contributed by atoms with van der Waals surface area (Å²) >= 11 is 0. The van der Waals surface area contributed by atoms with Gasteiger partial charge >= 0.3 is 6.09 Å². The van der Waals surface area contributed by atoms with E-state index in [1.807, 2.05) is 95.4 Å². The molecule has 2 aliphatic rings. The van der Waals surface area contributed by atoms with Crippen molar-refractivity contribution in [2.24, 2.45) is 5.92 Å². The minimum atomic E-state index is -0.691. The van der Waals surface area contributed by atoms with Crippen molar-refractivity contribution in [2.75, 3.05) is 19.1 Å². The second-order valence-corrected chi connectivity index (χ2v) is 13.2. The molecule has 3 aromatic rings. The van der Waals surface area contributed by atoms with Crippen molar-refractivity contribution in [1.29, 1.82) is 0 Å². The number of nitrogens with zero attached hydrogens (tertiary/aromatic N) is 2. The van der Waals surface area contributed by atoms with Crippen molar-refractivity contribution in [3.8, 4) is 17.2 Å². The van der Waals surface area contributed by atoms with Gasteiger partial charge in [0.1, 0.15) is 35.3 Å². The number of carbonyl (C=O) groups excluding carboxylic acids is 1. The maximum absolute atomic E-state index is 13.6. The molecule has 4 atom stereocenters. The summed E-state index contributed by atoms with van der Waals surface area (Å²) in [6.07, 6.45) is 3.08. The summed E-state index contributed by atoms with van der Waals surface area (Å²) < 4.78 is 35.9. The SMILES string of the molecule is CC[C@H]1C[C@@H](c2cnc(N(Cc3ccc(OC)cc3)C(=O)OC(C)(C)C)cc2OCc2ccc(OC)cc2)[C@@H]2OC(C)(C)O[C@H]12. The Balaban J connectivity index is 1.52. The van der Waals surface area contributed by atoms with Gasteiger partial charge in [-0.3, -0.25) is 4.90 Å². The number of ether oxygens (including phenoxy) is 6. The van der Waals surface area contributed by atoms with Crippen LogP contribution in [0.1, 0.15) is 77.0 Å². The van der Waals surface area contributed by atoms with Gasteiger partial charge in [-0.1, -0.05) is 37.6 Å². The highest BCUT2D eigenvalue weighted by atomic mass is 16.8. The molecular weight excluding hydrogens is 572 g/mol. The third-order valence-electron chi connectivity index (χ3n) is 8.33. The van der Waals surface area contributed by atoms with Crippen LogP contribution in [0.15, 0.2) is 60.8 Å². The second-order valence-electron chi connectivity index (χ2n) is 13.2. The Hall–Kier alpha value is -3.82. The van der Waals surface area contributed by atoms with Crippen molar-refractivity contribution >= 4 is 11.9 Å². The number of rotatable bonds is 10. The maximum Gasteiger partial charge on any atom is 0.416 e. The van der Waals surface area contributed by atoms with Gasteiger partial charge in [0.2, 0.25) is 0 Å². The number of anilines is 1. The van der Waals surface area contributed by atoms with Crippen LogP contribution in [0.4, 0.5) is 10.6 Å². The molecule has 1 amide bonds. The second kappa shape index (κ2) is 13.3. The number of pyridine rings is 1. The van der Waals surface area contributed by atoms with Gasteiger partial charge in [-0.2, -0.15) is 0 Å². The van der Waals surface area contributed by atoms with Crippen molar-refractivity contribution in [3.63, 3.8) is 0 Å². The Morgan fingerprint density at radius 2 is 1.56 bits per heavy atom. The Morgan fingerprint density at radius 3 is 2.13 bits per heavy atom. The number of fused-ring (bicyclic) bond motifs is 1. The fraction of sp³-hybridized carbons (Fsp3) is 0.500. The molecule has 1 aromatic heterocycles. The van der Waals surface area contributed by atoms with Gasteiger partial charge < -0.3 is 28.4 Å². The molecule has 2 fully saturated rings. The number of methoxy groups -OCH3 is 2. The smallest absolute Gasteiger partial charge is 0.416 e. The Morgan fingerprint density at radius 1 is 0.956 bits per heavy atom. The highest BCUT2D eigenvalue weighted by molar-refractivity contribution is 5.87. The monoisotopic (exact) mass is 618 g/mol. The molecule has 5 rings (SSSR count). The highest BCUT2D eigenvalue weighted by Crippen LogP contribution is 2.51. The molecule has 0 bridgehead atoms. The van der Waals surface area contributed by atoms with Crippen molar-refractivity contribution in [2.45, 2.75) is 97.0 Å². The molecule has 1 aliphatic carbocycles. The lowest BCUT2D eigenvalue weighted by molar-refractivity contribution is -0.158. The maximum atomic E-state index is 13.6. The average Bonchev–Trinajstić information content (AvgIpc) is 3.50. The summed E-state index contributed by atoms with van der Waals surface area (Å²) in [4.78, 5) is 20.0. The van der Waals surface area contributed by atoms with E-state index >= 15 is 0 Å². The van der Waals surface area contributed by atoms with Crippen molar-refractivity contribution in [3.05, 3.63) is 77.5 Å². The lowest BCUT2D eigenvalue weighted by Crippen LogP contribution is -2.37. The van der Waals surface area contributed by atoms with E-state index in [1.165, 1.54) is 0 Å². The van der Waals surface area contributed by atoms with Crippen LogP contribution in [0.25, 0.3) is 0 Å². The zero-order chi connectivity index (χ0) is 32.4. The minimum absolute atomic E-state index is 0.00236. The summed E-state index contributed by atoms with van der Waals surface area (Å²) in [5.74, 6) is 2.30. The first-order chi connectivity index (χ1) is 21.4. The van der Waals surface area contributed by atoms with E-state index < -0.39 is 17.5 Å².